The van der Waals surface area contributed by atoms with Gasteiger partial charge in [-0.2, -0.15) is 0 Å². The molecule has 158 valence electrons. The van der Waals surface area contributed by atoms with E-state index in [1.54, 1.807) is 19.2 Å². The lowest BCUT2D eigenvalue weighted by Gasteiger charge is -2.17. The summed E-state index contributed by atoms with van der Waals surface area (Å²) < 4.78 is 24.1. The molecule has 1 atom stereocenters. The number of nitrogens with zero attached hydrogens (tertiary/aromatic N) is 2. The standard InChI is InChI=1S/C23H26FN3O3/c1-3-19(16-8-11-18(24)12-9-16)25-21(28)13-15-23-27-26-22(30-23)14-10-17-6-4-5-7-20(17)29-2/h4-9,11-12,19H,3,10,13-15H2,1-2H3,(H,25,28)/t19-/m0/s1. The highest BCUT2D eigenvalue weighted by molar-refractivity contribution is 5.76. The molecule has 1 amide bonds. The van der Waals surface area contributed by atoms with Crippen LogP contribution in [0.3, 0.4) is 0 Å². The summed E-state index contributed by atoms with van der Waals surface area (Å²) in [5.74, 6) is 1.40. The maximum Gasteiger partial charge on any atom is 0.220 e. The second-order valence-electron chi connectivity index (χ2n) is 6.98. The van der Waals surface area contributed by atoms with Crippen LogP contribution in [0.1, 0.15) is 48.7 Å². The molecular weight excluding hydrogens is 385 g/mol. The zero-order valence-electron chi connectivity index (χ0n) is 17.2. The number of aromatic nitrogens is 2. The van der Waals surface area contributed by atoms with Gasteiger partial charge in [0.15, 0.2) is 0 Å². The minimum absolute atomic E-state index is 0.111. The largest absolute Gasteiger partial charge is 0.496 e. The minimum atomic E-state index is -0.294. The Balaban J connectivity index is 1.48. The van der Waals surface area contributed by atoms with E-state index in [-0.39, 0.29) is 24.2 Å². The van der Waals surface area contributed by atoms with Crippen molar-refractivity contribution in [1.29, 1.82) is 0 Å². The van der Waals surface area contributed by atoms with Gasteiger partial charge in [-0.1, -0.05) is 37.3 Å². The molecule has 6 nitrogen and oxygen atoms in total. The molecule has 0 saturated carbocycles. The highest BCUT2D eigenvalue weighted by atomic mass is 19.1. The number of hydrogen-bond acceptors (Lipinski definition) is 5. The summed E-state index contributed by atoms with van der Waals surface area (Å²) in [5, 5.41) is 11.1. The molecule has 30 heavy (non-hydrogen) atoms. The van der Waals surface area contributed by atoms with Crippen LogP contribution in [0.2, 0.25) is 0 Å². The van der Waals surface area contributed by atoms with Crippen molar-refractivity contribution in [2.24, 2.45) is 0 Å². The van der Waals surface area contributed by atoms with E-state index in [4.69, 9.17) is 9.15 Å². The molecule has 1 N–H and O–H groups in total. The SMILES string of the molecule is CC[C@H](NC(=O)CCc1nnc(CCc2ccccc2OC)o1)c1ccc(F)cc1. The zero-order chi connectivity index (χ0) is 21.3. The van der Waals surface area contributed by atoms with Crippen molar-refractivity contribution in [2.75, 3.05) is 7.11 Å². The lowest BCUT2D eigenvalue weighted by atomic mass is 10.0. The number of rotatable bonds is 10. The van der Waals surface area contributed by atoms with Crippen LogP contribution in [0, 0.1) is 5.82 Å². The zero-order valence-corrected chi connectivity index (χ0v) is 17.2. The first-order chi connectivity index (χ1) is 14.6. The first kappa shape index (κ1) is 21.5. The van der Waals surface area contributed by atoms with Crippen LogP contribution in [-0.2, 0) is 24.1 Å². The molecule has 3 rings (SSSR count). The lowest BCUT2D eigenvalue weighted by Crippen LogP contribution is -2.28. The van der Waals surface area contributed by atoms with Gasteiger partial charge < -0.3 is 14.5 Å². The third kappa shape index (κ3) is 5.89. The van der Waals surface area contributed by atoms with Crippen LogP contribution in [0.5, 0.6) is 5.75 Å². The van der Waals surface area contributed by atoms with E-state index < -0.39 is 0 Å². The minimum Gasteiger partial charge on any atom is -0.496 e. The number of ether oxygens (including phenoxy) is 1. The fourth-order valence-corrected chi connectivity index (χ4v) is 3.24. The predicted molar refractivity (Wildman–Crippen MR) is 111 cm³/mol. The first-order valence-electron chi connectivity index (χ1n) is 10.1. The third-order valence-electron chi connectivity index (χ3n) is 4.89. The molecule has 3 aromatic rings. The summed E-state index contributed by atoms with van der Waals surface area (Å²) in [4.78, 5) is 12.3. The van der Waals surface area contributed by atoms with Crippen molar-refractivity contribution in [3.05, 3.63) is 77.3 Å². The first-order valence-corrected chi connectivity index (χ1v) is 10.1. The van der Waals surface area contributed by atoms with E-state index in [0.29, 0.717) is 31.0 Å². The Kier molecular flexibility index (Phi) is 7.54. The Hall–Kier alpha value is -3.22. The topological polar surface area (TPSA) is 77.2 Å². The molecule has 2 aromatic carbocycles. The number of para-hydroxylation sites is 1. The number of carbonyl (C=O) groups is 1. The number of amides is 1. The molecule has 7 heteroatoms. The molecule has 0 aliphatic rings. The third-order valence-corrected chi connectivity index (χ3v) is 4.89. The summed E-state index contributed by atoms with van der Waals surface area (Å²) in [6.45, 7) is 1.97. The molecule has 0 aliphatic carbocycles. The fraction of sp³-hybridized carbons (Fsp3) is 0.348. The summed E-state index contributed by atoms with van der Waals surface area (Å²) in [5.41, 5.74) is 1.95. The molecule has 0 unspecified atom stereocenters. The van der Waals surface area contributed by atoms with E-state index in [9.17, 15) is 9.18 Å². The van der Waals surface area contributed by atoms with Gasteiger partial charge >= 0.3 is 0 Å². The molecular formula is C23H26FN3O3. The van der Waals surface area contributed by atoms with Crippen molar-refractivity contribution in [2.45, 2.75) is 45.1 Å². The number of benzene rings is 2. The number of methoxy groups -OCH3 is 1. The Morgan fingerprint density at radius 3 is 2.47 bits per heavy atom. The highest BCUT2D eigenvalue weighted by Gasteiger charge is 2.15. The summed E-state index contributed by atoms with van der Waals surface area (Å²) in [6.07, 6.45) is 2.65. The Morgan fingerprint density at radius 1 is 1.07 bits per heavy atom. The van der Waals surface area contributed by atoms with E-state index in [1.165, 1.54) is 12.1 Å². The maximum absolute atomic E-state index is 13.1. The Bertz CT molecular complexity index is 956. The molecule has 0 saturated heterocycles. The predicted octanol–water partition coefficient (Wildman–Crippen LogP) is 4.20. The summed E-state index contributed by atoms with van der Waals surface area (Å²) in [6, 6.07) is 13.8. The van der Waals surface area contributed by atoms with Crippen LogP contribution >= 0.6 is 0 Å². The van der Waals surface area contributed by atoms with Crippen molar-refractivity contribution in [1.82, 2.24) is 15.5 Å². The highest BCUT2D eigenvalue weighted by Crippen LogP contribution is 2.20. The second-order valence-corrected chi connectivity index (χ2v) is 6.98. The van der Waals surface area contributed by atoms with Crippen LogP contribution in [0.25, 0.3) is 0 Å². The van der Waals surface area contributed by atoms with Gasteiger partial charge in [0.1, 0.15) is 11.6 Å². The Morgan fingerprint density at radius 2 is 1.77 bits per heavy atom. The fourth-order valence-electron chi connectivity index (χ4n) is 3.24. The number of halogens is 1. The van der Waals surface area contributed by atoms with E-state index >= 15 is 0 Å². The van der Waals surface area contributed by atoms with Gasteiger partial charge in [0, 0.05) is 19.3 Å². The molecule has 1 aromatic heterocycles. The van der Waals surface area contributed by atoms with Gasteiger partial charge in [-0.15, -0.1) is 10.2 Å². The molecule has 0 radical (unpaired) electrons. The average Bonchev–Trinajstić information content (AvgIpc) is 3.23. The monoisotopic (exact) mass is 411 g/mol. The number of hydrogen-bond donors (Lipinski definition) is 1. The van der Waals surface area contributed by atoms with E-state index in [1.807, 2.05) is 31.2 Å². The molecule has 0 spiro atoms. The maximum atomic E-state index is 13.1. The van der Waals surface area contributed by atoms with Crippen molar-refractivity contribution in [3.63, 3.8) is 0 Å². The normalized spacial score (nSPS) is 11.8. The molecule has 0 bridgehead atoms. The molecule has 1 heterocycles. The summed E-state index contributed by atoms with van der Waals surface area (Å²) >= 11 is 0. The van der Waals surface area contributed by atoms with Crippen LogP contribution in [-0.4, -0.2) is 23.2 Å². The van der Waals surface area contributed by atoms with Gasteiger partial charge in [0.05, 0.1) is 13.2 Å². The van der Waals surface area contributed by atoms with Crippen molar-refractivity contribution < 1.29 is 18.3 Å². The number of carbonyl (C=O) groups excluding carboxylic acids is 1. The van der Waals surface area contributed by atoms with E-state index in [0.717, 1.165) is 23.3 Å². The second kappa shape index (κ2) is 10.5. The Labute approximate surface area is 175 Å². The van der Waals surface area contributed by atoms with Gasteiger partial charge in [0.25, 0.3) is 0 Å². The molecule has 0 aliphatic heterocycles. The lowest BCUT2D eigenvalue weighted by molar-refractivity contribution is -0.121. The van der Waals surface area contributed by atoms with Gasteiger partial charge in [-0.25, -0.2) is 4.39 Å². The number of nitrogens with one attached hydrogen (secondary N) is 1. The van der Waals surface area contributed by atoms with Crippen LogP contribution in [0.4, 0.5) is 4.39 Å². The average molecular weight is 411 g/mol. The smallest absolute Gasteiger partial charge is 0.220 e. The summed E-state index contributed by atoms with van der Waals surface area (Å²) in [7, 11) is 1.65. The quantitative estimate of drug-likeness (QED) is 0.541. The van der Waals surface area contributed by atoms with Crippen LogP contribution < -0.4 is 10.1 Å². The van der Waals surface area contributed by atoms with Gasteiger partial charge in [0.2, 0.25) is 17.7 Å². The van der Waals surface area contributed by atoms with Crippen molar-refractivity contribution >= 4 is 5.91 Å². The van der Waals surface area contributed by atoms with Crippen LogP contribution in [0.15, 0.2) is 52.9 Å². The van der Waals surface area contributed by atoms with Crippen molar-refractivity contribution in [3.8, 4) is 5.75 Å². The molecule has 0 fully saturated rings. The number of aryl methyl sites for hydroxylation is 3. The van der Waals surface area contributed by atoms with Gasteiger partial charge in [-0.3, -0.25) is 4.79 Å². The van der Waals surface area contributed by atoms with E-state index in [2.05, 4.69) is 15.5 Å². The van der Waals surface area contributed by atoms with Gasteiger partial charge in [-0.05, 0) is 42.2 Å².